The SMILES string of the molecule is CCCC([Si](C)(C)Cl)[Si](C)(C)C1=[C-]CC=C1[Si](C)(C)C(CCC)[Si](C)(C)Cl.[CH3-].[CH3-].[Zr+3]. The first-order valence-corrected chi connectivity index (χ1v) is 25.1. The zero-order valence-electron chi connectivity index (χ0n) is 22.0. The number of hydrogen-bond donors (Lipinski definition) is 0. The van der Waals surface area contributed by atoms with E-state index < -0.39 is 30.9 Å². The Hall–Kier alpha value is 1.81. The summed E-state index contributed by atoms with van der Waals surface area (Å²) in [6.45, 7) is 24.4. The molecule has 7 heteroatoms. The Bertz CT molecular complexity index is 523. The van der Waals surface area contributed by atoms with Crippen molar-refractivity contribution in [3.05, 3.63) is 37.4 Å². The summed E-state index contributed by atoms with van der Waals surface area (Å²) >= 11 is 14.2. The average Bonchev–Trinajstić information content (AvgIpc) is 2.98. The molecule has 0 nitrogen and oxygen atoms in total. The minimum Gasteiger partial charge on any atom is -0.358 e. The fourth-order valence-corrected chi connectivity index (χ4v) is 35.2. The first-order chi connectivity index (χ1) is 12.1. The molecule has 2 unspecified atom stereocenters. The molecule has 0 amide bonds. The van der Waals surface area contributed by atoms with Crippen LogP contribution in [0.1, 0.15) is 46.0 Å². The second kappa shape index (κ2) is 13.6. The fraction of sp³-hybridized carbons (Fsp3) is 0.739. The Labute approximate surface area is 223 Å². The first-order valence-electron chi connectivity index (χ1n) is 10.8. The minimum absolute atomic E-state index is 0. The van der Waals surface area contributed by atoms with Gasteiger partial charge in [-0.2, -0.15) is 28.2 Å². The van der Waals surface area contributed by atoms with Crippen LogP contribution in [0.25, 0.3) is 0 Å². The molecule has 0 saturated heterocycles. The van der Waals surface area contributed by atoms with Crippen molar-refractivity contribution in [2.75, 3.05) is 0 Å². The summed E-state index contributed by atoms with van der Waals surface area (Å²) in [6, 6.07) is 0. The van der Waals surface area contributed by atoms with Gasteiger partial charge < -0.3 is 14.9 Å². The molecule has 1 aliphatic carbocycles. The molecule has 175 valence electrons. The molecule has 0 heterocycles. The minimum atomic E-state index is -1.73. The number of allylic oxidation sites excluding steroid dienone is 4. The first kappa shape index (κ1) is 36.4. The molecule has 0 N–H and O–H groups in total. The number of rotatable bonds is 10. The Morgan fingerprint density at radius 2 is 1.17 bits per heavy atom. The molecule has 0 spiro atoms. The molecule has 0 aromatic heterocycles. The third kappa shape index (κ3) is 8.55. The molecule has 30 heavy (non-hydrogen) atoms. The summed E-state index contributed by atoms with van der Waals surface area (Å²) in [6.07, 6.45) is 12.4. The topological polar surface area (TPSA) is 0 Å². The summed E-state index contributed by atoms with van der Waals surface area (Å²) in [7, 11) is -6.80. The molecular formula is C23H49Cl2Si4Zr. The third-order valence-electron chi connectivity index (χ3n) is 6.75. The van der Waals surface area contributed by atoms with Gasteiger partial charge in [0, 0.05) is 8.07 Å². The van der Waals surface area contributed by atoms with E-state index in [-0.39, 0.29) is 41.1 Å². The monoisotopic (exact) mass is 597 g/mol. The van der Waals surface area contributed by atoms with E-state index >= 15 is 0 Å². The maximum absolute atomic E-state index is 7.10. The molecule has 0 aromatic carbocycles. The van der Waals surface area contributed by atoms with Crippen LogP contribution in [0.2, 0.25) is 62.7 Å². The standard InChI is InChI=1S/C21H43Cl2Si4.2CH3.Zr/c1-11-14-20(26(7,8)22)24(3,4)18-16-13-17-19(18)25(5,6)21(15-12-2)27(9,10)23;;;/h16,20-21H,11-15H2,1-10H3;2*1H3;/q3*-1;+3. The predicted octanol–water partition coefficient (Wildman–Crippen LogP) is 9.75. The van der Waals surface area contributed by atoms with Crippen molar-refractivity contribution < 1.29 is 26.2 Å². The van der Waals surface area contributed by atoms with E-state index in [0.717, 1.165) is 6.42 Å². The van der Waals surface area contributed by atoms with Crippen LogP contribution in [-0.4, -0.2) is 30.9 Å². The van der Waals surface area contributed by atoms with Crippen LogP contribution in [0.3, 0.4) is 0 Å². The van der Waals surface area contributed by atoms with Crippen LogP contribution in [0.4, 0.5) is 0 Å². The van der Waals surface area contributed by atoms with E-state index in [9.17, 15) is 0 Å². The molecular weight excluding hydrogens is 551 g/mol. The van der Waals surface area contributed by atoms with Crippen LogP contribution in [-0.2, 0) is 26.2 Å². The van der Waals surface area contributed by atoms with Crippen LogP contribution >= 0.6 is 22.2 Å². The molecule has 1 rings (SSSR count). The van der Waals surface area contributed by atoms with Crippen molar-refractivity contribution in [3.8, 4) is 0 Å². The average molecular weight is 600 g/mol. The predicted molar refractivity (Wildman–Crippen MR) is 151 cm³/mol. The number of halogens is 2. The summed E-state index contributed by atoms with van der Waals surface area (Å²) in [5, 5.41) is 4.76. The zero-order valence-corrected chi connectivity index (χ0v) is 30.0. The van der Waals surface area contributed by atoms with E-state index in [1.807, 2.05) is 0 Å². The summed E-state index contributed by atoms with van der Waals surface area (Å²) in [5.74, 6) is 0. The van der Waals surface area contributed by atoms with Crippen molar-refractivity contribution >= 4 is 53.1 Å². The van der Waals surface area contributed by atoms with Crippen molar-refractivity contribution in [2.45, 2.75) is 109 Å². The molecule has 0 saturated carbocycles. The van der Waals surface area contributed by atoms with Crippen LogP contribution in [0.15, 0.2) is 16.5 Å². The van der Waals surface area contributed by atoms with Gasteiger partial charge >= 0.3 is 26.2 Å². The fourth-order valence-electron chi connectivity index (χ4n) is 5.68. The van der Waals surface area contributed by atoms with Crippen LogP contribution < -0.4 is 0 Å². The van der Waals surface area contributed by atoms with Gasteiger partial charge in [-0.05, 0) is 18.4 Å². The smallest absolute Gasteiger partial charge is 0.358 e. The van der Waals surface area contributed by atoms with E-state index in [2.05, 4.69) is 78.4 Å². The Kier molecular flexibility index (Phi) is 16.5. The normalized spacial score (nSPS) is 17.1. The second-order valence-corrected chi connectivity index (χ2v) is 34.6. The number of hydrogen-bond acceptors (Lipinski definition) is 0. The van der Waals surface area contributed by atoms with Gasteiger partial charge in [0.1, 0.15) is 7.38 Å². The van der Waals surface area contributed by atoms with Crippen molar-refractivity contribution in [1.82, 2.24) is 0 Å². The van der Waals surface area contributed by atoms with E-state index in [1.165, 1.54) is 25.7 Å². The summed E-state index contributed by atoms with van der Waals surface area (Å²) < 4.78 is 0. The third-order valence-corrected chi connectivity index (χ3v) is 29.9. The quantitative estimate of drug-likeness (QED) is 0.133. The maximum Gasteiger partial charge on any atom is 3.00 e. The Balaban J connectivity index is -0.00000243. The van der Waals surface area contributed by atoms with E-state index in [0.29, 0.717) is 10.3 Å². The molecule has 0 bridgehead atoms. The summed E-state index contributed by atoms with van der Waals surface area (Å²) in [5.41, 5.74) is 0. The van der Waals surface area contributed by atoms with Gasteiger partial charge in [0.15, 0.2) is 7.38 Å². The van der Waals surface area contributed by atoms with Crippen molar-refractivity contribution in [1.29, 1.82) is 0 Å². The Morgan fingerprint density at radius 3 is 1.50 bits per heavy atom. The van der Waals surface area contributed by atoms with Gasteiger partial charge in [-0.15, -0.1) is 6.42 Å². The summed E-state index contributed by atoms with van der Waals surface area (Å²) in [4.78, 5) is 0. The van der Waals surface area contributed by atoms with Gasteiger partial charge in [-0.25, -0.2) is 10.4 Å². The van der Waals surface area contributed by atoms with Gasteiger partial charge in [0.05, 0.1) is 0 Å². The van der Waals surface area contributed by atoms with Crippen molar-refractivity contribution in [3.63, 3.8) is 0 Å². The molecule has 0 aromatic rings. The van der Waals surface area contributed by atoms with Gasteiger partial charge in [-0.1, -0.05) is 91.9 Å². The van der Waals surface area contributed by atoms with E-state index in [1.54, 1.807) is 10.4 Å². The van der Waals surface area contributed by atoms with Gasteiger partial charge in [0.2, 0.25) is 0 Å². The van der Waals surface area contributed by atoms with Crippen LogP contribution in [0.5, 0.6) is 0 Å². The largest absolute Gasteiger partial charge is 3.00 e. The van der Waals surface area contributed by atoms with Gasteiger partial charge in [0.25, 0.3) is 0 Å². The van der Waals surface area contributed by atoms with Crippen LogP contribution in [0, 0.1) is 20.9 Å². The maximum atomic E-state index is 7.10. The van der Waals surface area contributed by atoms with Crippen molar-refractivity contribution in [2.24, 2.45) is 0 Å². The molecule has 1 aliphatic rings. The molecule has 0 aliphatic heterocycles. The molecule has 1 radical (unpaired) electrons. The molecule has 0 fully saturated rings. The second-order valence-electron chi connectivity index (χ2n) is 10.6. The zero-order chi connectivity index (χ0) is 21.3. The molecule has 2 atom stereocenters. The Morgan fingerprint density at radius 1 is 0.800 bits per heavy atom. The van der Waals surface area contributed by atoms with E-state index in [4.69, 9.17) is 22.2 Å². The van der Waals surface area contributed by atoms with Gasteiger partial charge in [-0.3, -0.25) is 6.08 Å².